The molecule has 0 heterocycles. The highest BCUT2D eigenvalue weighted by Gasteiger charge is 2.27. The molecule has 0 unspecified atom stereocenters. The molecule has 0 saturated carbocycles. The summed E-state index contributed by atoms with van der Waals surface area (Å²) in [7, 11) is -3.96. The number of carbonyl (C=O) groups is 1. The van der Waals surface area contributed by atoms with E-state index in [0.717, 1.165) is 32.1 Å². The molecule has 0 radical (unpaired) electrons. The number of benzene rings is 3. The van der Waals surface area contributed by atoms with Crippen LogP contribution in [0.15, 0.2) is 76.7 Å². The molecular weight excluding hydrogens is 422 g/mol. The average molecular weight is 450 g/mol. The molecule has 166 valence electrons. The summed E-state index contributed by atoms with van der Waals surface area (Å²) in [6, 6.07) is 19.5. The van der Waals surface area contributed by atoms with Crippen LogP contribution in [0.25, 0.3) is 0 Å². The van der Waals surface area contributed by atoms with Gasteiger partial charge in [0.25, 0.3) is 15.9 Å². The van der Waals surface area contributed by atoms with Crippen molar-refractivity contribution in [1.29, 1.82) is 0 Å². The van der Waals surface area contributed by atoms with Gasteiger partial charge in [-0.05, 0) is 68.7 Å². The molecule has 0 bridgehead atoms. The van der Waals surface area contributed by atoms with E-state index < -0.39 is 22.5 Å². The highest BCUT2D eigenvalue weighted by molar-refractivity contribution is 7.92. The van der Waals surface area contributed by atoms with Gasteiger partial charge in [-0.15, -0.1) is 0 Å². The molecule has 3 aromatic carbocycles. The maximum absolute atomic E-state index is 13.4. The molecule has 0 aliphatic rings. The maximum Gasteiger partial charge on any atom is 0.264 e. The quantitative estimate of drug-likeness (QED) is 0.432. The van der Waals surface area contributed by atoms with Gasteiger partial charge < -0.3 is 0 Å². The van der Waals surface area contributed by atoms with Crippen molar-refractivity contribution in [3.8, 4) is 0 Å². The summed E-state index contributed by atoms with van der Waals surface area (Å²) in [6.07, 6.45) is 1.53. The van der Waals surface area contributed by atoms with Gasteiger partial charge in [0.15, 0.2) is 0 Å². The lowest BCUT2D eigenvalue weighted by Gasteiger charge is -2.24. The van der Waals surface area contributed by atoms with E-state index in [-0.39, 0.29) is 4.90 Å². The van der Waals surface area contributed by atoms with Crippen molar-refractivity contribution in [3.63, 3.8) is 0 Å². The Hall–Kier alpha value is -3.45. The standard InChI is InChI=1S/C25H27N3O3S/c1-18-8-12-24(13-9-18)32(30,31)28(23-11-10-20(3)21(4)15-23)17-25(29)27-26-16-22-7-5-6-19(2)14-22/h5-16H,17H2,1-4H3,(H,27,29)/b26-16-. The summed E-state index contributed by atoms with van der Waals surface area (Å²) in [6.45, 7) is 7.31. The predicted molar refractivity (Wildman–Crippen MR) is 129 cm³/mol. The van der Waals surface area contributed by atoms with E-state index in [4.69, 9.17) is 0 Å². The zero-order chi connectivity index (χ0) is 23.3. The van der Waals surface area contributed by atoms with Crippen molar-refractivity contribution in [2.75, 3.05) is 10.8 Å². The SMILES string of the molecule is Cc1ccc(S(=O)(=O)N(CC(=O)N/N=C\c2cccc(C)c2)c2ccc(C)c(C)c2)cc1. The minimum Gasteiger partial charge on any atom is -0.271 e. The van der Waals surface area contributed by atoms with Gasteiger partial charge in [-0.1, -0.05) is 53.6 Å². The predicted octanol–water partition coefficient (Wildman–Crippen LogP) is 4.27. The molecule has 7 heteroatoms. The van der Waals surface area contributed by atoms with Crippen molar-refractivity contribution in [3.05, 3.63) is 94.5 Å². The number of nitrogens with one attached hydrogen (secondary N) is 1. The summed E-state index contributed by atoms with van der Waals surface area (Å²) < 4.78 is 27.9. The first-order valence-electron chi connectivity index (χ1n) is 10.2. The number of nitrogens with zero attached hydrogens (tertiary/aromatic N) is 2. The largest absolute Gasteiger partial charge is 0.271 e. The number of amides is 1. The van der Waals surface area contributed by atoms with Gasteiger partial charge in [-0.3, -0.25) is 9.10 Å². The second kappa shape index (κ2) is 9.78. The van der Waals surface area contributed by atoms with Crippen LogP contribution in [0.2, 0.25) is 0 Å². The monoisotopic (exact) mass is 449 g/mol. The number of rotatable bonds is 7. The van der Waals surface area contributed by atoms with Crippen LogP contribution in [0.3, 0.4) is 0 Å². The number of hydrazone groups is 1. The minimum atomic E-state index is -3.96. The molecule has 3 aromatic rings. The molecule has 1 N–H and O–H groups in total. The van der Waals surface area contributed by atoms with Crippen molar-refractivity contribution in [2.24, 2.45) is 5.10 Å². The third-order valence-electron chi connectivity index (χ3n) is 5.12. The highest BCUT2D eigenvalue weighted by atomic mass is 32.2. The first-order chi connectivity index (χ1) is 15.2. The summed E-state index contributed by atoms with van der Waals surface area (Å²) in [5, 5.41) is 3.98. The molecule has 0 aliphatic heterocycles. The Labute approximate surface area is 189 Å². The molecular formula is C25H27N3O3S. The van der Waals surface area contributed by atoms with E-state index >= 15 is 0 Å². The Morgan fingerprint density at radius 1 is 0.906 bits per heavy atom. The molecule has 0 aromatic heterocycles. The van der Waals surface area contributed by atoms with Crippen molar-refractivity contribution in [2.45, 2.75) is 32.6 Å². The molecule has 3 rings (SSSR count). The second-order valence-corrected chi connectivity index (χ2v) is 9.66. The van der Waals surface area contributed by atoms with Crippen LogP contribution in [0.5, 0.6) is 0 Å². The van der Waals surface area contributed by atoms with Crippen LogP contribution >= 0.6 is 0 Å². The Bertz CT molecular complexity index is 1250. The van der Waals surface area contributed by atoms with Gasteiger partial charge in [0.1, 0.15) is 6.54 Å². The average Bonchev–Trinajstić information content (AvgIpc) is 2.74. The molecule has 1 amide bonds. The summed E-state index contributed by atoms with van der Waals surface area (Å²) >= 11 is 0. The fourth-order valence-corrected chi connectivity index (χ4v) is 4.54. The Morgan fingerprint density at radius 3 is 2.28 bits per heavy atom. The van der Waals surface area contributed by atoms with E-state index in [9.17, 15) is 13.2 Å². The molecule has 0 aliphatic carbocycles. The Kier molecular flexibility index (Phi) is 7.10. The third-order valence-corrected chi connectivity index (χ3v) is 6.91. The van der Waals surface area contributed by atoms with E-state index in [1.807, 2.05) is 58.0 Å². The fraction of sp³-hybridized carbons (Fsp3) is 0.200. The zero-order valence-corrected chi connectivity index (χ0v) is 19.5. The smallest absolute Gasteiger partial charge is 0.264 e. The molecule has 6 nitrogen and oxygen atoms in total. The van der Waals surface area contributed by atoms with Gasteiger partial charge in [-0.2, -0.15) is 5.10 Å². The van der Waals surface area contributed by atoms with Crippen LogP contribution in [0.4, 0.5) is 5.69 Å². The lowest BCUT2D eigenvalue weighted by Crippen LogP contribution is -2.39. The summed E-state index contributed by atoms with van der Waals surface area (Å²) in [4.78, 5) is 12.8. The molecule has 0 spiro atoms. The first kappa shape index (κ1) is 23.2. The lowest BCUT2D eigenvalue weighted by atomic mass is 10.1. The van der Waals surface area contributed by atoms with Crippen LogP contribution in [-0.2, 0) is 14.8 Å². The number of carbonyl (C=O) groups excluding carboxylic acids is 1. The van der Waals surface area contributed by atoms with Crippen molar-refractivity contribution in [1.82, 2.24) is 5.43 Å². The molecule has 0 saturated heterocycles. The summed E-state index contributed by atoms with van der Waals surface area (Å²) in [5.74, 6) is -0.539. The Morgan fingerprint density at radius 2 is 1.62 bits per heavy atom. The van der Waals surface area contributed by atoms with Crippen LogP contribution in [0.1, 0.15) is 27.8 Å². The lowest BCUT2D eigenvalue weighted by molar-refractivity contribution is -0.119. The number of hydrogen-bond acceptors (Lipinski definition) is 4. The van der Waals surface area contributed by atoms with Gasteiger partial charge in [-0.25, -0.2) is 13.8 Å². The summed E-state index contributed by atoms with van der Waals surface area (Å²) in [5.41, 5.74) is 7.69. The van der Waals surface area contributed by atoms with Gasteiger partial charge in [0, 0.05) is 0 Å². The van der Waals surface area contributed by atoms with E-state index in [1.165, 1.54) is 6.21 Å². The molecule has 0 fully saturated rings. The van der Waals surface area contributed by atoms with Gasteiger partial charge in [0.05, 0.1) is 16.8 Å². The van der Waals surface area contributed by atoms with Gasteiger partial charge >= 0.3 is 0 Å². The minimum absolute atomic E-state index is 0.123. The second-order valence-electron chi connectivity index (χ2n) is 7.80. The molecule has 32 heavy (non-hydrogen) atoms. The Balaban J connectivity index is 1.87. The number of sulfonamides is 1. The van der Waals surface area contributed by atoms with Gasteiger partial charge in [0.2, 0.25) is 0 Å². The maximum atomic E-state index is 13.4. The van der Waals surface area contributed by atoms with Crippen LogP contribution in [0, 0.1) is 27.7 Å². The normalized spacial score (nSPS) is 11.5. The molecule has 0 atom stereocenters. The van der Waals surface area contributed by atoms with Crippen LogP contribution < -0.4 is 9.73 Å². The van der Waals surface area contributed by atoms with Crippen molar-refractivity contribution < 1.29 is 13.2 Å². The third kappa shape index (κ3) is 5.62. The number of anilines is 1. The number of hydrogen-bond donors (Lipinski definition) is 1. The highest BCUT2D eigenvalue weighted by Crippen LogP contribution is 2.26. The van der Waals surface area contributed by atoms with Crippen molar-refractivity contribution >= 4 is 27.8 Å². The fourth-order valence-electron chi connectivity index (χ4n) is 3.13. The zero-order valence-electron chi connectivity index (χ0n) is 18.7. The topological polar surface area (TPSA) is 78.8 Å². The first-order valence-corrected chi connectivity index (χ1v) is 11.7. The number of aryl methyl sites for hydroxylation is 4. The van der Waals surface area contributed by atoms with E-state index in [0.29, 0.717) is 5.69 Å². The van der Waals surface area contributed by atoms with E-state index in [1.54, 1.807) is 36.4 Å². The van der Waals surface area contributed by atoms with E-state index in [2.05, 4.69) is 10.5 Å². The van der Waals surface area contributed by atoms with Crippen LogP contribution in [-0.4, -0.2) is 27.1 Å².